The molecule has 1 aromatic rings. The Balaban J connectivity index is 1.49. The van der Waals surface area contributed by atoms with Gasteiger partial charge in [0.1, 0.15) is 6.54 Å². The number of aromatic nitrogens is 2. The van der Waals surface area contributed by atoms with Crippen LogP contribution in [0.4, 0.5) is 0 Å². The zero-order chi connectivity index (χ0) is 16.9. The quantitative estimate of drug-likeness (QED) is 0.687. The van der Waals surface area contributed by atoms with Gasteiger partial charge in [0.05, 0.1) is 11.8 Å². The molecule has 2 amide bonds. The molecule has 0 aromatic carbocycles. The Bertz CT molecular complexity index is 575. The van der Waals surface area contributed by atoms with Gasteiger partial charge >= 0.3 is 0 Å². The maximum atomic E-state index is 12.2. The summed E-state index contributed by atoms with van der Waals surface area (Å²) in [5.41, 5.74) is 6.18. The SMILES string of the molecule is NCC(NC(=O)c1cnn(CC(=O)NC2CCCCC2)c1)C1CC1. The third-order valence-electron chi connectivity index (χ3n) is 4.93. The molecule has 2 aliphatic carbocycles. The van der Waals surface area contributed by atoms with Crippen molar-refractivity contribution in [2.45, 2.75) is 63.6 Å². The molecule has 1 atom stereocenters. The van der Waals surface area contributed by atoms with Crippen LogP contribution in [0, 0.1) is 5.92 Å². The van der Waals surface area contributed by atoms with Gasteiger partial charge in [0, 0.05) is 24.8 Å². The molecule has 0 radical (unpaired) electrons. The topological polar surface area (TPSA) is 102 Å². The van der Waals surface area contributed by atoms with Crippen molar-refractivity contribution in [3.63, 3.8) is 0 Å². The highest BCUT2D eigenvalue weighted by molar-refractivity contribution is 5.94. The van der Waals surface area contributed by atoms with Crippen LogP contribution in [0.25, 0.3) is 0 Å². The fourth-order valence-electron chi connectivity index (χ4n) is 3.35. The first kappa shape index (κ1) is 17.0. The molecule has 24 heavy (non-hydrogen) atoms. The summed E-state index contributed by atoms with van der Waals surface area (Å²) in [5.74, 6) is 0.293. The molecular formula is C17H27N5O2. The lowest BCUT2D eigenvalue weighted by molar-refractivity contribution is -0.122. The van der Waals surface area contributed by atoms with Gasteiger partial charge in [-0.2, -0.15) is 5.10 Å². The highest BCUT2D eigenvalue weighted by atomic mass is 16.2. The van der Waals surface area contributed by atoms with Crippen LogP contribution in [0.2, 0.25) is 0 Å². The summed E-state index contributed by atoms with van der Waals surface area (Å²) in [6, 6.07) is 0.323. The Labute approximate surface area is 142 Å². The Morgan fingerprint density at radius 2 is 2.00 bits per heavy atom. The average molecular weight is 333 g/mol. The van der Waals surface area contributed by atoms with E-state index in [4.69, 9.17) is 5.73 Å². The van der Waals surface area contributed by atoms with Gasteiger partial charge in [0.25, 0.3) is 5.91 Å². The van der Waals surface area contributed by atoms with Crippen molar-refractivity contribution in [1.29, 1.82) is 0 Å². The first-order valence-electron chi connectivity index (χ1n) is 8.98. The first-order valence-corrected chi connectivity index (χ1v) is 8.98. The summed E-state index contributed by atoms with van der Waals surface area (Å²) in [6.45, 7) is 0.598. The molecule has 0 spiro atoms. The predicted molar refractivity (Wildman–Crippen MR) is 90.3 cm³/mol. The van der Waals surface area contributed by atoms with E-state index in [1.807, 2.05) is 0 Å². The number of rotatable bonds is 7. The van der Waals surface area contributed by atoms with E-state index < -0.39 is 0 Å². The van der Waals surface area contributed by atoms with E-state index in [-0.39, 0.29) is 30.4 Å². The maximum Gasteiger partial charge on any atom is 0.254 e. The van der Waals surface area contributed by atoms with Crippen LogP contribution in [0.15, 0.2) is 12.4 Å². The molecule has 132 valence electrons. The summed E-state index contributed by atoms with van der Waals surface area (Å²) >= 11 is 0. The largest absolute Gasteiger partial charge is 0.352 e. The molecule has 7 nitrogen and oxygen atoms in total. The number of nitrogens with two attached hydrogens (primary N) is 1. The maximum absolute atomic E-state index is 12.2. The molecule has 4 N–H and O–H groups in total. The van der Waals surface area contributed by atoms with Crippen LogP contribution >= 0.6 is 0 Å². The number of hydrogen-bond acceptors (Lipinski definition) is 4. The number of amides is 2. The Morgan fingerprint density at radius 3 is 2.67 bits per heavy atom. The van der Waals surface area contributed by atoms with Crippen LogP contribution < -0.4 is 16.4 Å². The molecule has 2 fully saturated rings. The van der Waals surface area contributed by atoms with Gasteiger partial charge in [-0.25, -0.2) is 0 Å². The highest BCUT2D eigenvalue weighted by Crippen LogP contribution is 2.32. The predicted octanol–water partition coefficient (Wildman–Crippen LogP) is 0.799. The van der Waals surface area contributed by atoms with E-state index in [1.54, 1.807) is 6.20 Å². The monoisotopic (exact) mass is 333 g/mol. The Hall–Kier alpha value is -1.89. The van der Waals surface area contributed by atoms with Crippen molar-refractivity contribution in [3.05, 3.63) is 18.0 Å². The summed E-state index contributed by atoms with van der Waals surface area (Å²) in [6.07, 6.45) is 11.1. The van der Waals surface area contributed by atoms with Gasteiger partial charge in [0.2, 0.25) is 5.91 Å². The minimum Gasteiger partial charge on any atom is -0.352 e. The Morgan fingerprint density at radius 1 is 1.25 bits per heavy atom. The number of nitrogens with one attached hydrogen (secondary N) is 2. The summed E-state index contributed by atoms with van der Waals surface area (Å²) in [7, 11) is 0. The molecular weight excluding hydrogens is 306 g/mol. The van der Waals surface area contributed by atoms with E-state index in [0.29, 0.717) is 18.0 Å². The van der Waals surface area contributed by atoms with Gasteiger partial charge < -0.3 is 16.4 Å². The third-order valence-corrected chi connectivity index (χ3v) is 4.93. The van der Waals surface area contributed by atoms with E-state index >= 15 is 0 Å². The first-order chi connectivity index (χ1) is 11.7. The smallest absolute Gasteiger partial charge is 0.254 e. The van der Waals surface area contributed by atoms with E-state index in [2.05, 4.69) is 15.7 Å². The fourth-order valence-corrected chi connectivity index (χ4v) is 3.35. The van der Waals surface area contributed by atoms with Gasteiger partial charge in [-0.05, 0) is 31.6 Å². The lowest BCUT2D eigenvalue weighted by Gasteiger charge is -2.22. The standard InChI is InChI=1S/C17H27N5O2/c18-8-15(12-6-7-12)21-17(24)13-9-19-22(10-13)11-16(23)20-14-4-2-1-3-5-14/h9-10,12,14-15H,1-8,11,18H2,(H,20,23)(H,21,24). The van der Waals surface area contributed by atoms with Crippen molar-refractivity contribution in [1.82, 2.24) is 20.4 Å². The third kappa shape index (κ3) is 4.56. The van der Waals surface area contributed by atoms with E-state index in [0.717, 1.165) is 25.7 Å². The van der Waals surface area contributed by atoms with Gasteiger partial charge in [-0.1, -0.05) is 19.3 Å². The minimum atomic E-state index is -0.170. The number of carbonyl (C=O) groups excluding carboxylic acids is 2. The van der Waals surface area contributed by atoms with Gasteiger partial charge in [0.15, 0.2) is 0 Å². The van der Waals surface area contributed by atoms with Crippen molar-refractivity contribution in [2.75, 3.05) is 6.54 Å². The molecule has 0 aliphatic heterocycles. The average Bonchev–Trinajstić information content (AvgIpc) is 3.32. The summed E-state index contributed by atoms with van der Waals surface area (Å²) in [4.78, 5) is 24.3. The Kier molecular flexibility index (Phi) is 5.50. The number of carbonyl (C=O) groups is 2. The molecule has 1 aromatic heterocycles. The second kappa shape index (κ2) is 7.79. The molecule has 2 aliphatic rings. The van der Waals surface area contributed by atoms with Crippen LogP contribution in [0.5, 0.6) is 0 Å². The molecule has 1 unspecified atom stereocenters. The molecule has 0 saturated heterocycles. The summed E-state index contributed by atoms with van der Waals surface area (Å²) in [5, 5.41) is 10.1. The second-order valence-corrected chi connectivity index (χ2v) is 6.98. The summed E-state index contributed by atoms with van der Waals surface area (Å²) < 4.78 is 1.52. The lowest BCUT2D eigenvalue weighted by Crippen LogP contribution is -2.41. The van der Waals surface area contributed by atoms with Crippen LogP contribution in [0.1, 0.15) is 55.3 Å². The number of nitrogens with zero attached hydrogens (tertiary/aromatic N) is 2. The zero-order valence-corrected chi connectivity index (χ0v) is 14.0. The van der Waals surface area contributed by atoms with E-state index in [9.17, 15) is 9.59 Å². The minimum absolute atomic E-state index is 0.0375. The van der Waals surface area contributed by atoms with Crippen LogP contribution in [0.3, 0.4) is 0 Å². The van der Waals surface area contributed by atoms with Crippen molar-refractivity contribution in [2.24, 2.45) is 11.7 Å². The number of hydrogen-bond donors (Lipinski definition) is 3. The van der Waals surface area contributed by atoms with Crippen molar-refractivity contribution < 1.29 is 9.59 Å². The lowest BCUT2D eigenvalue weighted by atomic mass is 9.95. The molecule has 0 bridgehead atoms. The molecule has 3 rings (SSSR count). The normalized spacial score (nSPS) is 19.7. The van der Waals surface area contributed by atoms with Gasteiger partial charge in [-0.15, -0.1) is 0 Å². The second-order valence-electron chi connectivity index (χ2n) is 6.98. The zero-order valence-electron chi connectivity index (χ0n) is 14.0. The van der Waals surface area contributed by atoms with Crippen molar-refractivity contribution >= 4 is 11.8 Å². The van der Waals surface area contributed by atoms with Crippen molar-refractivity contribution in [3.8, 4) is 0 Å². The van der Waals surface area contributed by atoms with Crippen LogP contribution in [-0.4, -0.2) is 40.2 Å². The molecule has 7 heteroatoms. The van der Waals surface area contributed by atoms with E-state index in [1.165, 1.54) is 30.1 Å². The highest BCUT2D eigenvalue weighted by Gasteiger charge is 2.31. The van der Waals surface area contributed by atoms with Crippen LogP contribution in [-0.2, 0) is 11.3 Å². The fraction of sp³-hybridized carbons (Fsp3) is 0.706. The molecule has 2 saturated carbocycles. The van der Waals surface area contributed by atoms with Gasteiger partial charge in [-0.3, -0.25) is 14.3 Å². The molecule has 1 heterocycles.